The van der Waals surface area contributed by atoms with Gasteiger partial charge in [-0.3, -0.25) is 0 Å². The van der Waals surface area contributed by atoms with Crippen LogP contribution in [0.25, 0.3) is 11.1 Å². The predicted octanol–water partition coefficient (Wildman–Crippen LogP) is 6.39. The average Bonchev–Trinajstić information content (AvgIpc) is 2.56. The molecule has 0 saturated heterocycles. The number of hydrogen-bond donors (Lipinski definition) is 1. The van der Waals surface area contributed by atoms with Crippen LogP contribution in [0, 0.1) is 0 Å². The Labute approximate surface area is 139 Å². The molecule has 0 aliphatic carbocycles. The van der Waals surface area contributed by atoms with Gasteiger partial charge in [0.15, 0.2) is 0 Å². The van der Waals surface area contributed by atoms with Gasteiger partial charge in [-0.2, -0.15) is 0 Å². The summed E-state index contributed by atoms with van der Waals surface area (Å²) in [5.41, 5.74) is 6.21. The minimum Gasteiger partial charge on any atom is -0.356 e. The van der Waals surface area contributed by atoms with Crippen LogP contribution in [0.5, 0.6) is 0 Å². The molecule has 0 aliphatic rings. The summed E-state index contributed by atoms with van der Waals surface area (Å²) in [6, 6.07) is 27.7. The Hall–Kier alpha value is -2.54. The first-order valence-corrected chi connectivity index (χ1v) is 8.05. The molecular formula is C22H23N. The minimum absolute atomic E-state index is 0.186. The highest BCUT2D eigenvalue weighted by Gasteiger charge is 2.12. The van der Waals surface area contributed by atoms with Gasteiger partial charge in [-0.15, -0.1) is 0 Å². The first-order chi connectivity index (χ1) is 11.0. The van der Waals surface area contributed by atoms with Crippen LogP contribution in [0.3, 0.4) is 0 Å². The van der Waals surface area contributed by atoms with Crippen molar-refractivity contribution in [1.29, 1.82) is 0 Å². The molecule has 0 radical (unpaired) electrons. The largest absolute Gasteiger partial charge is 0.356 e. The summed E-state index contributed by atoms with van der Waals surface area (Å²) in [7, 11) is 0. The first kappa shape index (κ1) is 15.4. The zero-order chi connectivity index (χ0) is 16.3. The maximum Gasteiger partial charge on any atom is 0.0390 e. The maximum atomic E-state index is 3.49. The molecule has 1 heteroatoms. The Morgan fingerprint density at radius 1 is 0.609 bits per heavy atom. The van der Waals surface area contributed by atoms with Crippen molar-refractivity contribution in [1.82, 2.24) is 0 Å². The molecule has 116 valence electrons. The molecule has 1 N–H and O–H groups in total. The van der Waals surface area contributed by atoms with E-state index in [9.17, 15) is 0 Å². The molecule has 0 atom stereocenters. The monoisotopic (exact) mass is 301 g/mol. The quantitative estimate of drug-likeness (QED) is 0.590. The summed E-state index contributed by atoms with van der Waals surface area (Å²) in [4.78, 5) is 0. The smallest absolute Gasteiger partial charge is 0.0390 e. The van der Waals surface area contributed by atoms with Crippen LogP contribution in [0.1, 0.15) is 26.3 Å². The molecular weight excluding hydrogens is 278 g/mol. The fourth-order valence-electron chi connectivity index (χ4n) is 2.63. The summed E-state index contributed by atoms with van der Waals surface area (Å²) >= 11 is 0. The van der Waals surface area contributed by atoms with E-state index in [1.54, 1.807) is 0 Å². The normalized spacial score (nSPS) is 11.3. The van der Waals surface area contributed by atoms with Crippen molar-refractivity contribution < 1.29 is 0 Å². The Bertz CT molecular complexity index is 765. The van der Waals surface area contributed by atoms with Crippen LogP contribution >= 0.6 is 0 Å². The van der Waals surface area contributed by atoms with Crippen LogP contribution in [0.2, 0.25) is 0 Å². The lowest BCUT2D eigenvalue weighted by atomic mass is 9.87. The average molecular weight is 301 g/mol. The zero-order valence-electron chi connectivity index (χ0n) is 14.0. The van der Waals surface area contributed by atoms with Crippen LogP contribution in [-0.2, 0) is 5.41 Å². The van der Waals surface area contributed by atoms with Crippen molar-refractivity contribution in [2.24, 2.45) is 0 Å². The van der Waals surface area contributed by atoms with E-state index < -0.39 is 0 Å². The van der Waals surface area contributed by atoms with E-state index >= 15 is 0 Å². The van der Waals surface area contributed by atoms with Gasteiger partial charge in [-0.05, 0) is 46.4 Å². The first-order valence-electron chi connectivity index (χ1n) is 8.05. The molecule has 0 heterocycles. The summed E-state index contributed by atoms with van der Waals surface area (Å²) < 4.78 is 0. The SMILES string of the molecule is CC(C)(C)c1ccc(Nc2cccc(-c3ccccc3)c2)cc1. The number of anilines is 2. The lowest BCUT2D eigenvalue weighted by molar-refractivity contribution is 0.590. The van der Waals surface area contributed by atoms with Gasteiger partial charge in [-0.1, -0.05) is 75.4 Å². The van der Waals surface area contributed by atoms with Crippen molar-refractivity contribution in [3.8, 4) is 11.1 Å². The lowest BCUT2D eigenvalue weighted by Crippen LogP contribution is -2.10. The number of hydrogen-bond acceptors (Lipinski definition) is 1. The van der Waals surface area contributed by atoms with E-state index in [1.165, 1.54) is 16.7 Å². The molecule has 1 nitrogen and oxygen atoms in total. The Kier molecular flexibility index (Phi) is 4.20. The maximum absolute atomic E-state index is 3.49. The molecule has 3 rings (SSSR count). The van der Waals surface area contributed by atoms with Crippen molar-refractivity contribution in [2.75, 3.05) is 5.32 Å². The van der Waals surface area contributed by atoms with Crippen LogP contribution in [-0.4, -0.2) is 0 Å². The van der Waals surface area contributed by atoms with Gasteiger partial charge >= 0.3 is 0 Å². The van der Waals surface area contributed by atoms with E-state index in [-0.39, 0.29) is 5.41 Å². The summed E-state index contributed by atoms with van der Waals surface area (Å²) in [5.74, 6) is 0. The molecule has 3 aromatic rings. The van der Waals surface area contributed by atoms with Crippen molar-refractivity contribution in [3.63, 3.8) is 0 Å². The summed E-state index contributed by atoms with van der Waals surface area (Å²) in [6.07, 6.45) is 0. The van der Waals surface area contributed by atoms with E-state index in [0.29, 0.717) is 0 Å². The third-order valence-corrected chi connectivity index (χ3v) is 4.01. The molecule has 0 spiro atoms. The van der Waals surface area contributed by atoms with E-state index in [4.69, 9.17) is 0 Å². The number of benzene rings is 3. The van der Waals surface area contributed by atoms with Gasteiger partial charge < -0.3 is 5.32 Å². The lowest BCUT2D eigenvalue weighted by Gasteiger charge is -2.19. The Morgan fingerprint density at radius 2 is 1.26 bits per heavy atom. The third-order valence-electron chi connectivity index (χ3n) is 4.01. The highest BCUT2D eigenvalue weighted by atomic mass is 14.9. The van der Waals surface area contributed by atoms with Crippen molar-refractivity contribution in [2.45, 2.75) is 26.2 Å². The number of rotatable bonds is 3. The summed E-state index contributed by atoms with van der Waals surface area (Å²) in [5, 5.41) is 3.49. The van der Waals surface area contributed by atoms with Crippen molar-refractivity contribution >= 4 is 11.4 Å². The second-order valence-electron chi connectivity index (χ2n) is 6.90. The minimum atomic E-state index is 0.186. The van der Waals surface area contributed by atoms with E-state index in [2.05, 4.69) is 98.9 Å². The molecule has 23 heavy (non-hydrogen) atoms. The van der Waals surface area contributed by atoms with Gasteiger partial charge in [0.2, 0.25) is 0 Å². The Balaban J connectivity index is 1.81. The molecule has 0 aromatic heterocycles. The second-order valence-corrected chi connectivity index (χ2v) is 6.90. The molecule has 0 fully saturated rings. The van der Waals surface area contributed by atoms with Crippen LogP contribution in [0.15, 0.2) is 78.9 Å². The van der Waals surface area contributed by atoms with Gasteiger partial charge in [-0.25, -0.2) is 0 Å². The van der Waals surface area contributed by atoms with Crippen LogP contribution < -0.4 is 5.32 Å². The summed E-state index contributed by atoms with van der Waals surface area (Å²) in [6.45, 7) is 6.70. The van der Waals surface area contributed by atoms with Crippen LogP contribution in [0.4, 0.5) is 11.4 Å². The van der Waals surface area contributed by atoms with Gasteiger partial charge in [0.1, 0.15) is 0 Å². The van der Waals surface area contributed by atoms with Crippen molar-refractivity contribution in [3.05, 3.63) is 84.4 Å². The molecule has 0 saturated carbocycles. The van der Waals surface area contributed by atoms with E-state index in [1.807, 2.05) is 6.07 Å². The molecule has 3 aromatic carbocycles. The predicted molar refractivity (Wildman–Crippen MR) is 100 cm³/mol. The fraction of sp³-hybridized carbons (Fsp3) is 0.182. The second kappa shape index (κ2) is 6.29. The highest BCUT2D eigenvalue weighted by Crippen LogP contribution is 2.27. The third kappa shape index (κ3) is 3.81. The molecule has 0 aliphatic heterocycles. The molecule has 0 bridgehead atoms. The fourth-order valence-corrected chi connectivity index (χ4v) is 2.63. The van der Waals surface area contributed by atoms with Gasteiger partial charge in [0.25, 0.3) is 0 Å². The zero-order valence-corrected chi connectivity index (χ0v) is 14.0. The standard InChI is InChI=1S/C22H23N/c1-22(2,3)19-12-14-20(15-13-19)23-21-11-7-10-18(16-21)17-8-5-4-6-9-17/h4-16,23H,1-3H3. The highest BCUT2D eigenvalue weighted by molar-refractivity contribution is 5.70. The van der Waals surface area contributed by atoms with Gasteiger partial charge in [0.05, 0.1) is 0 Å². The molecule has 0 unspecified atom stereocenters. The van der Waals surface area contributed by atoms with E-state index in [0.717, 1.165) is 11.4 Å². The topological polar surface area (TPSA) is 12.0 Å². The van der Waals surface area contributed by atoms with Gasteiger partial charge in [0, 0.05) is 11.4 Å². The number of nitrogens with one attached hydrogen (secondary N) is 1. The molecule has 0 amide bonds. The Morgan fingerprint density at radius 3 is 1.91 bits per heavy atom.